The van der Waals surface area contributed by atoms with Gasteiger partial charge < -0.3 is 4.74 Å². The molecule has 0 amide bonds. The van der Waals surface area contributed by atoms with Crippen LogP contribution in [0.4, 0.5) is 0 Å². The number of carbonyl (C=O) groups excluding carboxylic acids is 2. The maximum absolute atomic E-state index is 12.0. The Morgan fingerprint density at radius 2 is 2.11 bits per heavy atom. The number of ketones is 1. The number of fused-ring (bicyclic) bond motifs is 6. The number of ether oxygens (including phenoxy) is 1. The monoisotopic (exact) mass is 366 g/mol. The van der Waals surface area contributed by atoms with E-state index in [0.717, 1.165) is 38.5 Å². The molecule has 3 saturated carbocycles. The highest BCUT2D eigenvalue weighted by Crippen LogP contribution is 2.69. The first kappa shape index (κ1) is 17.5. The molecule has 0 aromatic carbocycles. The predicted octanol–water partition coefficient (Wildman–Crippen LogP) is 4.78. The molecular weight excluding hydrogens is 336 g/mol. The fourth-order valence-corrected chi connectivity index (χ4v) is 7.97. The van der Waals surface area contributed by atoms with Crippen LogP contribution in [0.15, 0.2) is 36.5 Å². The summed E-state index contributed by atoms with van der Waals surface area (Å²) in [5.74, 6) is 3.02. The quantitative estimate of drug-likeness (QED) is 0.522. The summed E-state index contributed by atoms with van der Waals surface area (Å²) >= 11 is 0. The van der Waals surface area contributed by atoms with Crippen LogP contribution in [0.3, 0.4) is 0 Å². The SMILES string of the molecule is C=CC1CC2=CC(=O)CC[C@@H]2C2CC[C@@]3(CC)C(CC[C@@]34C=CC(=O)O4)C12. The van der Waals surface area contributed by atoms with Crippen molar-refractivity contribution in [3.05, 3.63) is 36.5 Å². The van der Waals surface area contributed by atoms with Gasteiger partial charge in [-0.05, 0) is 86.7 Å². The third kappa shape index (κ3) is 2.20. The maximum atomic E-state index is 12.0. The summed E-state index contributed by atoms with van der Waals surface area (Å²) in [5, 5.41) is 0. The molecule has 0 bridgehead atoms. The van der Waals surface area contributed by atoms with Gasteiger partial charge in [0.15, 0.2) is 5.78 Å². The summed E-state index contributed by atoms with van der Waals surface area (Å²) in [4.78, 5) is 24.0. The van der Waals surface area contributed by atoms with Crippen molar-refractivity contribution in [2.75, 3.05) is 0 Å². The van der Waals surface area contributed by atoms with Crippen LogP contribution in [0.2, 0.25) is 0 Å². The molecule has 5 aliphatic rings. The van der Waals surface area contributed by atoms with Crippen molar-refractivity contribution in [1.29, 1.82) is 0 Å². The van der Waals surface area contributed by atoms with Crippen molar-refractivity contribution in [2.24, 2.45) is 35.0 Å². The Bertz CT molecular complexity index is 762. The lowest BCUT2D eigenvalue weighted by Crippen LogP contribution is -2.55. The summed E-state index contributed by atoms with van der Waals surface area (Å²) in [6, 6.07) is 0. The Kier molecular flexibility index (Phi) is 3.83. The van der Waals surface area contributed by atoms with Gasteiger partial charge in [-0.15, -0.1) is 6.58 Å². The van der Waals surface area contributed by atoms with E-state index in [1.54, 1.807) is 6.08 Å². The van der Waals surface area contributed by atoms with Crippen LogP contribution in [0, 0.1) is 35.0 Å². The van der Waals surface area contributed by atoms with Crippen molar-refractivity contribution in [2.45, 2.75) is 63.9 Å². The van der Waals surface area contributed by atoms with Gasteiger partial charge in [0.2, 0.25) is 0 Å². The van der Waals surface area contributed by atoms with Crippen LogP contribution in [0.1, 0.15) is 58.3 Å². The number of hydrogen-bond acceptors (Lipinski definition) is 3. The van der Waals surface area contributed by atoms with E-state index in [1.165, 1.54) is 12.0 Å². The Labute approximate surface area is 161 Å². The molecule has 1 heterocycles. The highest BCUT2D eigenvalue weighted by molar-refractivity contribution is 5.91. The van der Waals surface area contributed by atoms with E-state index in [-0.39, 0.29) is 17.0 Å². The molecule has 1 spiro atoms. The minimum absolute atomic E-state index is 0.0732. The van der Waals surface area contributed by atoms with Gasteiger partial charge in [0.05, 0.1) is 0 Å². The molecule has 0 N–H and O–H groups in total. The van der Waals surface area contributed by atoms with E-state index in [1.807, 2.05) is 6.08 Å². The predicted molar refractivity (Wildman–Crippen MR) is 104 cm³/mol. The van der Waals surface area contributed by atoms with E-state index in [9.17, 15) is 9.59 Å². The average molecular weight is 367 g/mol. The molecule has 0 radical (unpaired) electrons. The Morgan fingerprint density at radius 1 is 1.26 bits per heavy atom. The first-order chi connectivity index (χ1) is 13.0. The zero-order chi connectivity index (χ0) is 18.8. The van der Waals surface area contributed by atoms with Crippen molar-refractivity contribution in [3.8, 4) is 0 Å². The van der Waals surface area contributed by atoms with Gasteiger partial charge >= 0.3 is 5.97 Å². The summed E-state index contributed by atoms with van der Waals surface area (Å²) < 4.78 is 6.01. The number of carbonyl (C=O) groups is 2. The zero-order valence-electron chi connectivity index (χ0n) is 16.3. The van der Waals surface area contributed by atoms with Crippen molar-refractivity contribution < 1.29 is 14.3 Å². The minimum Gasteiger partial charge on any atom is -0.451 e. The lowest BCUT2D eigenvalue weighted by Gasteiger charge is -2.58. The van der Waals surface area contributed by atoms with E-state index in [4.69, 9.17) is 4.74 Å². The molecule has 144 valence electrons. The highest BCUT2D eigenvalue weighted by Gasteiger charge is 2.67. The van der Waals surface area contributed by atoms with E-state index in [0.29, 0.717) is 41.8 Å². The van der Waals surface area contributed by atoms with E-state index >= 15 is 0 Å². The van der Waals surface area contributed by atoms with Crippen molar-refractivity contribution in [3.63, 3.8) is 0 Å². The van der Waals surface area contributed by atoms with E-state index < -0.39 is 0 Å². The third-order valence-corrected chi connectivity index (χ3v) is 8.97. The normalized spacial score (nSPS) is 47.9. The molecule has 1 aliphatic heterocycles. The minimum atomic E-state index is -0.376. The molecule has 7 atom stereocenters. The molecule has 0 saturated heterocycles. The summed E-state index contributed by atoms with van der Waals surface area (Å²) in [6.45, 7) is 6.47. The van der Waals surface area contributed by atoms with Crippen LogP contribution >= 0.6 is 0 Å². The van der Waals surface area contributed by atoms with Gasteiger partial charge in [-0.25, -0.2) is 4.79 Å². The molecule has 5 rings (SSSR count). The number of allylic oxidation sites excluding steroid dienone is 2. The molecule has 3 fully saturated rings. The second-order valence-electron chi connectivity index (χ2n) is 9.51. The van der Waals surface area contributed by atoms with Gasteiger partial charge in [0, 0.05) is 17.9 Å². The van der Waals surface area contributed by atoms with Gasteiger partial charge in [-0.3, -0.25) is 4.79 Å². The average Bonchev–Trinajstić information content (AvgIpc) is 3.21. The maximum Gasteiger partial charge on any atom is 0.331 e. The fraction of sp³-hybridized carbons (Fsp3) is 0.667. The second kappa shape index (κ2) is 5.93. The fourth-order valence-electron chi connectivity index (χ4n) is 7.97. The number of hydrogen-bond donors (Lipinski definition) is 0. The Morgan fingerprint density at radius 3 is 2.81 bits per heavy atom. The topological polar surface area (TPSA) is 43.4 Å². The lowest BCUT2D eigenvalue weighted by molar-refractivity contribution is -0.165. The second-order valence-corrected chi connectivity index (χ2v) is 9.51. The molecule has 0 aromatic heterocycles. The van der Waals surface area contributed by atoms with Crippen molar-refractivity contribution in [1.82, 2.24) is 0 Å². The third-order valence-electron chi connectivity index (χ3n) is 8.97. The molecule has 3 heteroatoms. The Balaban J connectivity index is 1.55. The molecular formula is C24H30O3. The summed E-state index contributed by atoms with van der Waals surface area (Å²) in [6.07, 6.45) is 16.1. The molecule has 4 unspecified atom stereocenters. The Hall–Kier alpha value is -1.64. The standard InChI is InChI=1S/C24H30O3/c1-3-15-13-16-14-17(25)5-6-18(16)19-7-10-23(4-2)20(22(15)19)8-11-24(23)12-9-21(26)27-24/h3,9,12,14-15,18-20,22H,1,4-8,10-11,13H2,2H3/t15?,18-,19?,20?,22?,23-,24+/m0/s1. The molecule has 4 aliphatic carbocycles. The largest absolute Gasteiger partial charge is 0.451 e. The first-order valence-corrected chi connectivity index (χ1v) is 10.8. The van der Waals surface area contributed by atoms with Gasteiger partial charge in [0.25, 0.3) is 0 Å². The van der Waals surface area contributed by atoms with Gasteiger partial charge in [-0.1, -0.05) is 18.6 Å². The summed E-state index contributed by atoms with van der Waals surface area (Å²) in [7, 11) is 0. The van der Waals surface area contributed by atoms with Crippen LogP contribution < -0.4 is 0 Å². The first-order valence-electron chi connectivity index (χ1n) is 10.8. The highest BCUT2D eigenvalue weighted by atomic mass is 16.6. The van der Waals surface area contributed by atoms with Crippen LogP contribution in [0.25, 0.3) is 0 Å². The van der Waals surface area contributed by atoms with Gasteiger partial charge in [-0.2, -0.15) is 0 Å². The summed E-state index contributed by atoms with van der Waals surface area (Å²) in [5.41, 5.74) is 1.09. The lowest BCUT2D eigenvalue weighted by atomic mass is 9.47. The number of esters is 1. The van der Waals surface area contributed by atoms with Crippen molar-refractivity contribution >= 4 is 11.8 Å². The molecule has 3 nitrogen and oxygen atoms in total. The smallest absolute Gasteiger partial charge is 0.331 e. The van der Waals surface area contributed by atoms with Gasteiger partial charge in [0.1, 0.15) is 5.60 Å². The van der Waals surface area contributed by atoms with Crippen LogP contribution in [-0.2, 0) is 14.3 Å². The van der Waals surface area contributed by atoms with E-state index in [2.05, 4.69) is 25.7 Å². The molecule has 0 aromatic rings. The zero-order valence-corrected chi connectivity index (χ0v) is 16.3. The van der Waals surface area contributed by atoms with Crippen LogP contribution in [0.5, 0.6) is 0 Å². The van der Waals surface area contributed by atoms with Crippen LogP contribution in [-0.4, -0.2) is 17.4 Å². The number of rotatable bonds is 2. The molecule has 27 heavy (non-hydrogen) atoms.